The maximum absolute atomic E-state index is 4.24. The SMILES string of the molecule is CCCCCC(C)NC(=NC)NCCn1cccn1. The van der Waals surface area contributed by atoms with Crippen LogP contribution >= 0.6 is 0 Å². The molecule has 1 atom stereocenters. The van der Waals surface area contributed by atoms with Crippen LogP contribution in [0.2, 0.25) is 0 Å². The Hall–Kier alpha value is -1.52. The molecule has 5 heteroatoms. The van der Waals surface area contributed by atoms with Crippen molar-refractivity contribution >= 4 is 5.96 Å². The summed E-state index contributed by atoms with van der Waals surface area (Å²) in [5, 5.41) is 10.9. The fourth-order valence-corrected chi connectivity index (χ4v) is 1.92. The van der Waals surface area contributed by atoms with E-state index >= 15 is 0 Å². The van der Waals surface area contributed by atoms with E-state index in [1.165, 1.54) is 25.7 Å². The number of guanidine groups is 1. The standard InChI is InChI=1S/C14H27N5/c1-4-5-6-8-13(2)18-14(15-3)16-10-12-19-11-7-9-17-19/h7,9,11,13H,4-6,8,10,12H2,1-3H3,(H2,15,16,18). The summed E-state index contributed by atoms with van der Waals surface area (Å²) in [5.74, 6) is 0.871. The summed E-state index contributed by atoms with van der Waals surface area (Å²) >= 11 is 0. The fraction of sp³-hybridized carbons (Fsp3) is 0.714. The van der Waals surface area contributed by atoms with Crippen LogP contribution in [0.1, 0.15) is 39.5 Å². The molecule has 0 saturated carbocycles. The fourth-order valence-electron chi connectivity index (χ4n) is 1.92. The van der Waals surface area contributed by atoms with Gasteiger partial charge in [-0.05, 0) is 19.4 Å². The van der Waals surface area contributed by atoms with Gasteiger partial charge in [0, 0.05) is 32.0 Å². The number of aliphatic imine (C=N–C) groups is 1. The van der Waals surface area contributed by atoms with Gasteiger partial charge >= 0.3 is 0 Å². The van der Waals surface area contributed by atoms with Crippen LogP contribution in [0.5, 0.6) is 0 Å². The van der Waals surface area contributed by atoms with Crippen LogP contribution in [0.25, 0.3) is 0 Å². The molecule has 2 N–H and O–H groups in total. The van der Waals surface area contributed by atoms with Crippen molar-refractivity contribution in [1.29, 1.82) is 0 Å². The zero-order valence-electron chi connectivity index (χ0n) is 12.4. The minimum Gasteiger partial charge on any atom is -0.355 e. The number of hydrogen-bond donors (Lipinski definition) is 2. The molecule has 0 aliphatic rings. The van der Waals surface area contributed by atoms with E-state index in [0.717, 1.165) is 19.0 Å². The van der Waals surface area contributed by atoms with E-state index in [1.807, 2.05) is 24.0 Å². The molecule has 0 saturated heterocycles. The predicted octanol–water partition coefficient (Wildman–Crippen LogP) is 2.02. The predicted molar refractivity (Wildman–Crippen MR) is 80.3 cm³/mol. The summed E-state index contributed by atoms with van der Waals surface area (Å²) in [6, 6.07) is 2.39. The minimum atomic E-state index is 0.461. The van der Waals surface area contributed by atoms with Gasteiger partial charge in [0.15, 0.2) is 5.96 Å². The van der Waals surface area contributed by atoms with Crippen LogP contribution in [0, 0.1) is 0 Å². The van der Waals surface area contributed by atoms with Gasteiger partial charge in [-0.1, -0.05) is 26.2 Å². The largest absolute Gasteiger partial charge is 0.355 e. The average molecular weight is 265 g/mol. The molecule has 108 valence electrons. The topological polar surface area (TPSA) is 54.2 Å². The maximum atomic E-state index is 4.24. The second kappa shape index (κ2) is 9.42. The van der Waals surface area contributed by atoms with Crippen molar-refractivity contribution in [3.63, 3.8) is 0 Å². The molecular formula is C14H27N5. The summed E-state index contributed by atoms with van der Waals surface area (Å²) in [6.45, 7) is 6.10. The van der Waals surface area contributed by atoms with E-state index in [1.54, 1.807) is 6.20 Å². The summed E-state index contributed by atoms with van der Waals surface area (Å²) in [6.07, 6.45) is 8.79. The molecule has 1 aromatic rings. The Kier molecular flexibility index (Phi) is 7.70. The Balaban J connectivity index is 2.18. The van der Waals surface area contributed by atoms with Crippen LogP contribution < -0.4 is 10.6 Å². The molecule has 1 heterocycles. The van der Waals surface area contributed by atoms with E-state index in [0.29, 0.717) is 6.04 Å². The Labute approximate surface area is 116 Å². The Morgan fingerprint density at radius 1 is 1.42 bits per heavy atom. The smallest absolute Gasteiger partial charge is 0.191 e. The number of unbranched alkanes of at least 4 members (excludes halogenated alkanes) is 2. The van der Waals surface area contributed by atoms with Crippen molar-refractivity contribution < 1.29 is 0 Å². The van der Waals surface area contributed by atoms with E-state index in [4.69, 9.17) is 0 Å². The number of hydrogen-bond acceptors (Lipinski definition) is 2. The molecule has 1 aromatic heterocycles. The molecule has 0 fully saturated rings. The van der Waals surface area contributed by atoms with Crippen molar-refractivity contribution in [2.75, 3.05) is 13.6 Å². The van der Waals surface area contributed by atoms with Crippen molar-refractivity contribution in [3.8, 4) is 0 Å². The number of nitrogens with one attached hydrogen (secondary N) is 2. The minimum absolute atomic E-state index is 0.461. The summed E-state index contributed by atoms with van der Waals surface area (Å²) in [7, 11) is 1.81. The molecule has 0 bridgehead atoms. The zero-order valence-corrected chi connectivity index (χ0v) is 12.4. The number of aromatic nitrogens is 2. The van der Waals surface area contributed by atoms with Crippen molar-refractivity contribution in [1.82, 2.24) is 20.4 Å². The zero-order chi connectivity index (χ0) is 13.9. The Bertz CT molecular complexity index is 345. The van der Waals surface area contributed by atoms with E-state index < -0.39 is 0 Å². The maximum Gasteiger partial charge on any atom is 0.191 e. The quantitative estimate of drug-likeness (QED) is 0.429. The Morgan fingerprint density at radius 2 is 2.26 bits per heavy atom. The first kappa shape index (κ1) is 15.5. The van der Waals surface area contributed by atoms with Crippen molar-refractivity contribution in [2.45, 2.75) is 52.1 Å². The first-order chi connectivity index (χ1) is 9.26. The first-order valence-corrected chi connectivity index (χ1v) is 7.21. The highest BCUT2D eigenvalue weighted by molar-refractivity contribution is 5.79. The van der Waals surface area contributed by atoms with Gasteiger partial charge in [-0.3, -0.25) is 9.67 Å². The molecule has 0 spiro atoms. The van der Waals surface area contributed by atoms with Crippen LogP contribution in [0.3, 0.4) is 0 Å². The normalized spacial score (nSPS) is 13.3. The van der Waals surface area contributed by atoms with Gasteiger partial charge in [0.2, 0.25) is 0 Å². The second-order valence-corrected chi connectivity index (χ2v) is 4.81. The molecule has 0 aliphatic carbocycles. The highest BCUT2D eigenvalue weighted by Crippen LogP contribution is 2.02. The van der Waals surface area contributed by atoms with Gasteiger partial charge in [-0.15, -0.1) is 0 Å². The lowest BCUT2D eigenvalue weighted by molar-refractivity contribution is 0.540. The summed E-state index contributed by atoms with van der Waals surface area (Å²) in [4.78, 5) is 4.24. The molecular weight excluding hydrogens is 238 g/mol. The summed E-state index contributed by atoms with van der Waals surface area (Å²) in [5.41, 5.74) is 0. The van der Waals surface area contributed by atoms with Gasteiger partial charge < -0.3 is 10.6 Å². The van der Waals surface area contributed by atoms with E-state index in [-0.39, 0.29) is 0 Å². The molecule has 0 amide bonds. The molecule has 0 aliphatic heterocycles. The van der Waals surface area contributed by atoms with Crippen molar-refractivity contribution in [3.05, 3.63) is 18.5 Å². The van der Waals surface area contributed by atoms with Crippen molar-refractivity contribution in [2.24, 2.45) is 4.99 Å². The monoisotopic (exact) mass is 265 g/mol. The Morgan fingerprint density at radius 3 is 2.89 bits per heavy atom. The third-order valence-corrected chi connectivity index (χ3v) is 3.04. The lowest BCUT2D eigenvalue weighted by Crippen LogP contribution is -2.43. The third-order valence-electron chi connectivity index (χ3n) is 3.04. The second-order valence-electron chi connectivity index (χ2n) is 4.81. The van der Waals surface area contributed by atoms with Crippen LogP contribution in [-0.2, 0) is 6.54 Å². The lowest BCUT2D eigenvalue weighted by Gasteiger charge is -2.17. The number of rotatable bonds is 8. The van der Waals surface area contributed by atoms with Gasteiger partial charge in [0.05, 0.1) is 6.54 Å². The highest BCUT2D eigenvalue weighted by atomic mass is 15.3. The van der Waals surface area contributed by atoms with E-state index in [9.17, 15) is 0 Å². The van der Waals surface area contributed by atoms with Gasteiger partial charge in [-0.2, -0.15) is 5.10 Å². The molecule has 19 heavy (non-hydrogen) atoms. The molecule has 1 rings (SSSR count). The van der Waals surface area contributed by atoms with Crippen LogP contribution in [0.15, 0.2) is 23.5 Å². The van der Waals surface area contributed by atoms with Gasteiger partial charge in [0.25, 0.3) is 0 Å². The van der Waals surface area contributed by atoms with E-state index in [2.05, 4.69) is 34.6 Å². The lowest BCUT2D eigenvalue weighted by atomic mass is 10.1. The molecule has 0 radical (unpaired) electrons. The molecule has 5 nitrogen and oxygen atoms in total. The highest BCUT2D eigenvalue weighted by Gasteiger charge is 2.04. The van der Waals surface area contributed by atoms with Crippen LogP contribution in [0.4, 0.5) is 0 Å². The average Bonchev–Trinajstić information content (AvgIpc) is 2.91. The molecule has 0 aromatic carbocycles. The third kappa shape index (κ3) is 6.84. The van der Waals surface area contributed by atoms with Crippen LogP contribution in [-0.4, -0.2) is 35.4 Å². The first-order valence-electron chi connectivity index (χ1n) is 7.21. The van der Waals surface area contributed by atoms with Gasteiger partial charge in [0.1, 0.15) is 0 Å². The van der Waals surface area contributed by atoms with Gasteiger partial charge in [-0.25, -0.2) is 0 Å². The number of nitrogens with zero attached hydrogens (tertiary/aromatic N) is 3. The summed E-state index contributed by atoms with van der Waals surface area (Å²) < 4.78 is 1.91. The molecule has 1 unspecified atom stereocenters.